The highest BCUT2D eigenvalue weighted by molar-refractivity contribution is 5.89. The van der Waals surface area contributed by atoms with E-state index in [9.17, 15) is 9.59 Å². The monoisotopic (exact) mass is 157 g/mol. The Hall–Kier alpha value is -1.78. The SMILES string of the molecule is C=CC(=O)NOC(=O)C(=C)O. The summed E-state index contributed by atoms with van der Waals surface area (Å²) in [5.41, 5.74) is 1.69. The lowest BCUT2D eigenvalue weighted by Gasteiger charge is -2.00. The van der Waals surface area contributed by atoms with Crippen LogP contribution in [0.4, 0.5) is 0 Å². The van der Waals surface area contributed by atoms with Gasteiger partial charge < -0.3 is 9.94 Å². The first-order valence-corrected chi connectivity index (χ1v) is 2.59. The number of nitrogens with one attached hydrogen (secondary N) is 1. The Kier molecular flexibility index (Phi) is 3.44. The molecule has 0 aliphatic rings. The fourth-order valence-electron chi connectivity index (χ4n) is 0.197. The molecule has 1 amide bonds. The van der Waals surface area contributed by atoms with Gasteiger partial charge in [0.1, 0.15) is 0 Å². The Morgan fingerprint density at radius 3 is 2.45 bits per heavy atom. The maximum Gasteiger partial charge on any atom is 0.396 e. The van der Waals surface area contributed by atoms with Crippen LogP contribution in [0.3, 0.4) is 0 Å². The summed E-state index contributed by atoms with van der Waals surface area (Å²) in [6.07, 6.45) is 0.910. The number of hydrogen-bond donors (Lipinski definition) is 2. The summed E-state index contributed by atoms with van der Waals surface area (Å²) in [7, 11) is 0. The van der Waals surface area contributed by atoms with Crippen LogP contribution >= 0.6 is 0 Å². The van der Waals surface area contributed by atoms with Gasteiger partial charge in [-0.1, -0.05) is 6.58 Å². The van der Waals surface area contributed by atoms with E-state index in [0.29, 0.717) is 0 Å². The zero-order chi connectivity index (χ0) is 8.85. The van der Waals surface area contributed by atoms with Gasteiger partial charge in [-0.3, -0.25) is 4.79 Å². The Morgan fingerprint density at radius 1 is 1.55 bits per heavy atom. The Morgan fingerprint density at radius 2 is 2.09 bits per heavy atom. The summed E-state index contributed by atoms with van der Waals surface area (Å²) in [6, 6.07) is 0. The highest BCUT2D eigenvalue weighted by Gasteiger charge is 2.06. The molecule has 0 aromatic heterocycles. The van der Waals surface area contributed by atoms with Crippen molar-refractivity contribution in [3.05, 3.63) is 25.0 Å². The first kappa shape index (κ1) is 9.22. The number of hydrogen-bond acceptors (Lipinski definition) is 4. The second-order valence-corrected chi connectivity index (χ2v) is 1.51. The lowest BCUT2D eigenvalue weighted by molar-refractivity contribution is -0.155. The van der Waals surface area contributed by atoms with Gasteiger partial charge in [0.2, 0.25) is 0 Å². The normalized spacial score (nSPS) is 8.00. The smallest absolute Gasteiger partial charge is 0.396 e. The molecule has 0 spiro atoms. The number of hydroxylamine groups is 1. The molecule has 0 atom stereocenters. The minimum absolute atomic E-state index is 0.681. The predicted octanol–water partition coefficient (Wildman–Crippen LogP) is -0.182. The van der Waals surface area contributed by atoms with Crippen LogP contribution in [0.25, 0.3) is 0 Å². The highest BCUT2D eigenvalue weighted by atomic mass is 16.7. The number of carbonyl (C=O) groups excluding carboxylic acids is 2. The van der Waals surface area contributed by atoms with Gasteiger partial charge in [-0.25, -0.2) is 4.79 Å². The molecular formula is C6H7NO4. The molecular weight excluding hydrogens is 150 g/mol. The van der Waals surface area contributed by atoms with Crippen molar-refractivity contribution in [1.82, 2.24) is 5.48 Å². The fourth-order valence-corrected chi connectivity index (χ4v) is 0.197. The van der Waals surface area contributed by atoms with Gasteiger partial charge >= 0.3 is 5.97 Å². The molecule has 60 valence electrons. The molecule has 2 N–H and O–H groups in total. The molecule has 0 fully saturated rings. The van der Waals surface area contributed by atoms with E-state index >= 15 is 0 Å². The second-order valence-electron chi connectivity index (χ2n) is 1.51. The topological polar surface area (TPSA) is 75.6 Å². The van der Waals surface area contributed by atoms with E-state index in [4.69, 9.17) is 5.11 Å². The van der Waals surface area contributed by atoms with E-state index in [0.717, 1.165) is 6.08 Å². The van der Waals surface area contributed by atoms with E-state index in [2.05, 4.69) is 18.0 Å². The minimum atomic E-state index is -1.11. The minimum Gasteiger partial charge on any atom is -0.502 e. The molecule has 0 saturated carbocycles. The predicted molar refractivity (Wildman–Crippen MR) is 36.2 cm³/mol. The third kappa shape index (κ3) is 3.74. The van der Waals surface area contributed by atoms with Gasteiger partial charge in [-0.05, 0) is 12.7 Å². The average molecular weight is 157 g/mol. The largest absolute Gasteiger partial charge is 0.502 e. The third-order valence-corrected chi connectivity index (χ3v) is 0.665. The van der Waals surface area contributed by atoms with Crippen molar-refractivity contribution in [2.24, 2.45) is 0 Å². The molecule has 0 saturated heterocycles. The molecule has 0 aromatic carbocycles. The van der Waals surface area contributed by atoms with Crippen LogP contribution in [-0.2, 0) is 14.4 Å². The lowest BCUT2D eigenvalue weighted by atomic mass is 10.6. The molecule has 0 rings (SSSR count). The van der Waals surface area contributed by atoms with Crippen molar-refractivity contribution in [1.29, 1.82) is 0 Å². The number of amides is 1. The molecule has 0 radical (unpaired) electrons. The summed E-state index contributed by atoms with van der Waals surface area (Å²) >= 11 is 0. The molecule has 5 heteroatoms. The second kappa shape index (κ2) is 4.10. The molecule has 0 aliphatic heterocycles. The van der Waals surface area contributed by atoms with Crippen molar-refractivity contribution in [2.45, 2.75) is 0 Å². The van der Waals surface area contributed by atoms with Gasteiger partial charge in [0.15, 0.2) is 5.76 Å². The summed E-state index contributed by atoms with van der Waals surface area (Å²) in [5.74, 6) is -2.57. The Bertz CT molecular complexity index is 209. The van der Waals surface area contributed by atoms with Crippen LogP contribution in [0, 0.1) is 0 Å². The molecule has 0 heterocycles. The van der Waals surface area contributed by atoms with Crippen LogP contribution in [0.5, 0.6) is 0 Å². The van der Waals surface area contributed by atoms with Crippen LogP contribution < -0.4 is 5.48 Å². The fraction of sp³-hybridized carbons (Fsp3) is 0. The van der Waals surface area contributed by atoms with Crippen LogP contribution in [0.1, 0.15) is 0 Å². The van der Waals surface area contributed by atoms with E-state index in [1.54, 1.807) is 5.48 Å². The van der Waals surface area contributed by atoms with Crippen molar-refractivity contribution in [3.8, 4) is 0 Å². The highest BCUT2D eigenvalue weighted by Crippen LogP contribution is 1.84. The summed E-state index contributed by atoms with van der Waals surface area (Å²) in [4.78, 5) is 24.7. The van der Waals surface area contributed by atoms with Gasteiger partial charge in [-0.2, -0.15) is 5.48 Å². The zero-order valence-electron chi connectivity index (χ0n) is 5.66. The first-order chi connectivity index (χ1) is 5.07. The molecule has 0 aliphatic carbocycles. The number of rotatable bonds is 2. The van der Waals surface area contributed by atoms with Crippen molar-refractivity contribution in [3.63, 3.8) is 0 Å². The maximum atomic E-state index is 10.3. The Labute approximate surface area is 62.9 Å². The summed E-state index contributed by atoms with van der Waals surface area (Å²) < 4.78 is 0. The first-order valence-electron chi connectivity index (χ1n) is 2.59. The Balaban J connectivity index is 3.71. The van der Waals surface area contributed by atoms with Crippen LogP contribution in [0.15, 0.2) is 25.0 Å². The van der Waals surface area contributed by atoms with Gasteiger partial charge in [0, 0.05) is 0 Å². The van der Waals surface area contributed by atoms with E-state index in [-0.39, 0.29) is 0 Å². The standard InChI is InChI=1S/C6H7NO4/c1-3-5(9)7-11-6(10)4(2)8/h3,8H,1-2H2,(H,7,9). The summed E-state index contributed by atoms with van der Waals surface area (Å²) in [6.45, 7) is 5.96. The lowest BCUT2D eigenvalue weighted by Crippen LogP contribution is -2.25. The number of carbonyl (C=O) groups is 2. The maximum absolute atomic E-state index is 10.3. The van der Waals surface area contributed by atoms with Crippen LogP contribution in [-0.4, -0.2) is 17.0 Å². The van der Waals surface area contributed by atoms with Gasteiger partial charge in [0.25, 0.3) is 5.91 Å². The van der Waals surface area contributed by atoms with Crippen LogP contribution in [0.2, 0.25) is 0 Å². The molecule has 11 heavy (non-hydrogen) atoms. The summed E-state index contributed by atoms with van der Waals surface area (Å²) in [5, 5.41) is 8.36. The van der Waals surface area contributed by atoms with Gasteiger partial charge in [0.05, 0.1) is 0 Å². The van der Waals surface area contributed by atoms with Crippen molar-refractivity contribution >= 4 is 11.9 Å². The molecule has 5 nitrogen and oxygen atoms in total. The van der Waals surface area contributed by atoms with E-state index < -0.39 is 17.6 Å². The van der Waals surface area contributed by atoms with Crippen molar-refractivity contribution in [2.75, 3.05) is 0 Å². The number of aliphatic hydroxyl groups is 1. The van der Waals surface area contributed by atoms with Gasteiger partial charge in [-0.15, -0.1) is 0 Å². The zero-order valence-corrected chi connectivity index (χ0v) is 5.66. The average Bonchev–Trinajstić information content (AvgIpc) is 1.99. The third-order valence-electron chi connectivity index (χ3n) is 0.665. The van der Waals surface area contributed by atoms with E-state index in [1.807, 2.05) is 0 Å². The number of aliphatic hydroxyl groups excluding tert-OH is 1. The molecule has 0 bridgehead atoms. The molecule has 0 aromatic rings. The molecule has 0 unspecified atom stereocenters. The van der Waals surface area contributed by atoms with Crippen molar-refractivity contribution < 1.29 is 19.5 Å². The quantitative estimate of drug-likeness (QED) is 0.331. The van der Waals surface area contributed by atoms with E-state index in [1.165, 1.54) is 0 Å².